The number of furan rings is 1. The third kappa shape index (κ3) is 5.11. The molecule has 0 saturated heterocycles. The predicted octanol–water partition coefficient (Wildman–Crippen LogP) is 2.82. The monoisotopic (exact) mass is 463 g/mol. The van der Waals surface area contributed by atoms with Crippen molar-refractivity contribution >= 4 is 45.4 Å². The molecule has 178 valence electrons. The standard InChI is InChI=1S/C24H29N7O3/c1-2-27-20(32)7-8-21(33)28-10-3-4-12-31-24-22(17(25)9-11-29-24)23(30-31)15-5-6-18-16(13-15)14-19(26)34-18/h5-6,9,11,13-14H,2-4,7-8,10,12,26H2,1H3,(H2,25,29)(H,27,32)(H,28,33). The summed E-state index contributed by atoms with van der Waals surface area (Å²) in [5.74, 6) is 0.129. The molecule has 0 aliphatic heterocycles. The van der Waals surface area contributed by atoms with Gasteiger partial charge in [-0.3, -0.25) is 9.59 Å². The van der Waals surface area contributed by atoms with Crippen molar-refractivity contribution < 1.29 is 14.0 Å². The van der Waals surface area contributed by atoms with E-state index in [4.69, 9.17) is 21.0 Å². The first-order chi connectivity index (χ1) is 16.5. The first kappa shape index (κ1) is 23.1. The molecule has 1 aromatic carbocycles. The van der Waals surface area contributed by atoms with Crippen molar-refractivity contribution in [3.63, 3.8) is 0 Å². The largest absolute Gasteiger partial charge is 0.441 e. The fourth-order valence-electron chi connectivity index (χ4n) is 3.91. The van der Waals surface area contributed by atoms with Gasteiger partial charge in [-0.15, -0.1) is 0 Å². The van der Waals surface area contributed by atoms with E-state index in [2.05, 4.69) is 15.6 Å². The fraction of sp³-hybridized carbons (Fsp3) is 0.333. The zero-order chi connectivity index (χ0) is 24.1. The minimum Gasteiger partial charge on any atom is -0.441 e. The molecule has 4 rings (SSSR count). The van der Waals surface area contributed by atoms with E-state index in [0.717, 1.165) is 34.9 Å². The van der Waals surface area contributed by atoms with Crippen LogP contribution in [0.15, 0.2) is 40.9 Å². The van der Waals surface area contributed by atoms with Gasteiger partial charge in [-0.25, -0.2) is 9.67 Å². The van der Waals surface area contributed by atoms with Crippen LogP contribution >= 0.6 is 0 Å². The molecular weight excluding hydrogens is 434 g/mol. The molecule has 0 aliphatic carbocycles. The molecule has 0 fully saturated rings. The highest BCUT2D eigenvalue weighted by atomic mass is 16.3. The number of benzene rings is 1. The lowest BCUT2D eigenvalue weighted by atomic mass is 10.1. The van der Waals surface area contributed by atoms with Crippen LogP contribution in [0.4, 0.5) is 11.6 Å². The molecule has 6 N–H and O–H groups in total. The molecule has 10 heteroatoms. The van der Waals surface area contributed by atoms with E-state index in [1.54, 1.807) is 18.3 Å². The number of nitrogens with one attached hydrogen (secondary N) is 2. The molecule has 0 spiro atoms. The highest BCUT2D eigenvalue weighted by Gasteiger charge is 2.17. The van der Waals surface area contributed by atoms with E-state index in [-0.39, 0.29) is 24.7 Å². The maximum Gasteiger partial charge on any atom is 0.220 e. The topological polar surface area (TPSA) is 154 Å². The van der Waals surface area contributed by atoms with Crippen LogP contribution in [-0.4, -0.2) is 39.7 Å². The Bertz CT molecular complexity index is 1330. The normalized spacial score (nSPS) is 11.2. The number of nitrogen functional groups attached to an aromatic ring is 2. The van der Waals surface area contributed by atoms with Crippen molar-refractivity contribution in [2.24, 2.45) is 0 Å². The SMILES string of the molecule is CCNC(=O)CCC(=O)NCCCCn1nc(-c2ccc3oc(N)cc3c2)c2c(N)ccnc21. The number of amides is 2. The van der Waals surface area contributed by atoms with Gasteiger partial charge < -0.3 is 26.5 Å². The number of aromatic nitrogens is 3. The van der Waals surface area contributed by atoms with Gasteiger partial charge in [0.05, 0.1) is 5.39 Å². The molecule has 4 aromatic rings. The lowest BCUT2D eigenvalue weighted by Crippen LogP contribution is -2.28. The van der Waals surface area contributed by atoms with E-state index in [1.807, 2.05) is 29.8 Å². The van der Waals surface area contributed by atoms with Crippen LogP contribution in [0.25, 0.3) is 33.3 Å². The van der Waals surface area contributed by atoms with Crippen molar-refractivity contribution in [3.05, 3.63) is 36.5 Å². The van der Waals surface area contributed by atoms with Gasteiger partial charge in [-0.05, 0) is 44.0 Å². The van der Waals surface area contributed by atoms with Gasteiger partial charge in [-0.2, -0.15) is 5.10 Å². The molecule has 10 nitrogen and oxygen atoms in total. The predicted molar refractivity (Wildman–Crippen MR) is 132 cm³/mol. The van der Waals surface area contributed by atoms with E-state index < -0.39 is 0 Å². The summed E-state index contributed by atoms with van der Waals surface area (Å²) in [5, 5.41) is 12.1. The number of carbonyl (C=O) groups excluding carboxylic acids is 2. The van der Waals surface area contributed by atoms with Gasteiger partial charge in [0.1, 0.15) is 11.3 Å². The molecule has 0 radical (unpaired) electrons. The number of nitrogens with two attached hydrogens (primary N) is 2. The number of carbonyl (C=O) groups is 2. The zero-order valence-electron chi connectivity index (χ0n) is 19.1. The first-order valence-corrected chi connectivity index (χ1v) is 11.4. The molecule has 0 aliphatic rings. The van der Waals surface area contributed by atoms with Crippen molar-refractivity contribution in [1.82, 2.24) is 25.4 Å². The van der Waals surface area contributed by atoms with Gasteiger partial charge in [0, 0.05) is 61.4 Å². The molecule has 2 amide bonds. The maximum atomic E-state index is 11.9. The molecular formula is C24H29N7O3. The van der Waals surface area contributed by atoms with E-state index in [0.29, 0.717) is 42.4 Å². The smallest absolute Gasteiger partial charge is 0.220 e. The number of hydrogen-bond acceptors (Lipinski definition) is 7. The Balaban J connectivity index is 1.41. The number of unbranched alkanes of at least 4 members (excludes halogenated alkanes) is 1. The summed E-state index contributed by atoms with van der Waals surface area (Å²) in [4.78, 5) is 27.9. The van der Waals surface area contributed by atoms with Gasteiger partial charge in [0.25, 0.3) is 0 Å². The number of aryl methyl sites for hydroxylation is 1. The number of anilines is 2. The number of nitrogens with zero attached hydrogens (tertiary/aromatic N) is 3. The molecule has 0 unspecified atom stereocenters. The highest BCUT2D eigenvalue weighted by Crippen LogP contribution is 2.33. The number of hydrogen-bond donors (Lipinski definition) is 4. The number of pyridine rings is 1. The Morgan fingerprint density at radius 3 is 2.65 bits per heavy atom. The van der Waals surface area contributed by atoms with Crippen LogP contribution in [0.1, 0.15) is 32.6 Å². The molecule has 0 saturated carbocycles. The molecule has 3 aromatic heterocycles. The van der Waals surface area contributed by atoms with Crippen molar-refractivity contribution in [1.29, 1.82) is 0 Å². The summed E-state index contributed by atoms with van der Waals surface area (Å²) in [7, 11) is 0. The molecule has 0 atom stereocenters. The van der Waals surface area contributed by atoms with Crippen molar-refractivity contribution in [3.8, 4) is 11.3 Å². The summed E-state index contributed by atoms with van der Waals surface area (Å²) in [6, 6.07) is 9.32. The molecule has 34 heavy (non-hydrogen) atoms. The molecule has 3 heterocycles. The summed E-state index contributed by atoms with van der Waals surface area (Å²) >= 11 is 0. The Labute approximate surface area is 196 Å². The molecule has 0 bridgehead atoms. The third-order valence-electron chi connectivity index (χ3n) is 5.55. The fourth-order valence-corrected chi connectivity index (χ4v) is 3.91. The second-order valence-electron chi connectivity index (χ2n) is 8.08. The van der Waals surface area contributed by atoms with Gasteiger partial charge in [-0.1, -0.05) is 0 Å². The lowest BCUT2D eigenvalue weighted by molar-refractivity contribution is -0.126. The minimum atomic E-state index is -0.122. The quantitative estimate of drug-likeness (QED) is 0.264. The zero-order valence-corrected chi connectivity index (χ0v) is 19.1. The minimum absolute atomic E-state index is 0.110. The Morgan fingerprint density at radius 1 is 1.06 bits per heavy atom. The average Bonchev–Trinajstić information content (AvgIpc) is 3.37. The van der Waals surface area contributed by atoms with Crippen LogP contribution in [0, 0.1) is 0 Å². The Morgan fingerprint density at radius 2 is 1.85 bits per heavy atom. The van der Waals surface area contributed by atoms with Gasteiger partial charge in [0.15, 0.2) is 11.5 Å². The summed E-state index contributed by atoms with van der Waals surface area (Å²) in [6.07, 6.45) is 3.63. The lowest BCUT2D eigenvalue weighted by Gasteiger charge is -2.06. The Hall–Kier alpha value is -4.08. The van der Waals surface area contributed by atoms with Gasteiger partial charge in [0.2, 0.25) is 11.8 Å². The number of fused-ring (bicyclic) bond motifs is 2. The van der Waals surface area contributed by atoms with Gasteiger partial charge >= 0.3 is 0 Å². The van der Waals surface area contributed by atoms with E-state index in [1.165, 1.54) is 0 Å². The highest BCUT2D eigenvalue weighted by molar-refractivity contribution is 6.01. The number of rotatable bonds is 10. The van der Waals surface area contributed by atoms with Crippen molar-refractivity contribution in [2.45, 2.75) is 39.2 Å². The third-order valence-corrected chi connectivity index (χ3v) is 5.55. The Kier molecular flexibility index (Phi) is 6.95. The second-order valence-corrected chi connectivity index (χ2v) is 8.08. The van der Waals surface area contributed by atoms with Crippen LogP contribution < -0.4 is 22.1 Å². The van der Waals surface area contributed by atoms with E-state index in [9.17, 15) is 9.59 Å². The summed E-state index contributed by atoms with van der Waals surface area (Å²) < 4.78 is 7.32. The second kappa shape index (κ2) is 10.2. The van der Waals surface area contributed by atoms with Crippen LogP contribution in [0.3, 0.4) is 0 Å². The average molecular weight is 464 g/mol. The summed E-state index contributed by atoms with van der Waals surface area (Å²) in [6.45, 7) is 3.58. The maximum absolute atomic E-state index is 11.9. The van der Waals surface area contributed by atoms with Crippen LogP contribution in [0.2, 0.25) is 0 Å². The van der Waals surface area contributed by atoms with Crippen LogP contribution in [0.5, 0.6) is 0 Å². The summed E-state index contributed by atoms with van der Waals surface area (Å²) in [5.41, 5.74) is 15.8. The van der Waals surface area contributed by atoms with Crippen molar-refractivity contribution in [2.75, 3.05) is 24.6 Å². The van der Waals surface area contributed by atoms with Crippen LogP contribution in [-0.2, 0) is 16.1 Å². The van der Waals surface area contributed by atoms with E-state index >= 15 is 0 Å². The first-order valence-electron chi connectivity index (χ1n) is 11.4.